The van der Waals surface area contributed by atoms with E-state index in [4.69, 9.17) is 4.74 Å². The highest BCUT2D eigenvalue weighted by Crippen LogP contribution is 2.32. The second-order valence-corrected chi connectivity index (χ2v) is 3.81. The summed E-state index contributed by atoms with van der Waals surface area (Å²) in [6.07, 6.45) is 7.02. The summed E-state index contributed by atoms with van der Waals surface area (Å²) < 4.78 is 5.28. The molecule has 2 rings (SSSR count). The summed E-state index contributed by atoms with van der Waals surface area (Å²) in [4.78, 5) is 22.4. The van der Waals surface area contributed by atoms with E-state index < -0.39 is 5.60 Å². The van der Waals surface area contributed by atoms with Crippen molar-refractivity contribution in [2.75, 3.05) is 0 Å². The number of esters is 1. The zero-order valence-corrected chi connectivity index (χ0v) is 8.08. The predicted molar refractivity (Wildman–Crippen MR) is 50.6 cm³/mol. The van der Waals surface area contributed by atoms with Crippen molar-refractivity contribution in [1.82, 2.24) is 0 Å². The van der Waals surface area contributed by atoms with Crippen LogP contribution in [0.15, 0.2) is 23.8 Å². The molecule has 14 heavy (non-hydrogen) atoms. The van der Waals surface area contributed by atoms with Crippen molar-refractivity contribution in [2.45, 2.75) is 31.8 Å². The summed E-state index contributed by atoms with van der Waals surface area (Å²) in [5.41, 5.74) is 0.0232. The first-order valence-corrected chi connectivity index (χ1v) is 4.76. The molecule has 0 N–H and O–H groups in total. The summed E-state index contributed by atoms with van der Waals surface area (Å²) >= 11 is 0. The number of carbonyl (C=O) groups is 2. The van der Waals surface area contributed by atoms with Gasteiger partial charge in [-0.25, -0.2) is 0 Å². The van der Waals surface area contributed by atoms with Crippen LogP contribution in [0.25, 0.3) is 0 Å². The van der Waals surface area contributed by atoms with Gasteiger partial charge in [0.2, 0.25) is 0 Å². The molecular weight excluding hydrogens is 180 g/mol. The summed E-state index contributed by atoms with van der Waals surface area (Å²) in [5, 5.41) is 0. The minimum atomic E-state index is -0.632. The molecule has 0 saturated carbocycles. The first-order chi connectivity index (χ1) is 6.61. The molecule has 1 saturated heterocycles. The lowest BCUT2D eigenvalue weighted by molar-refractivity contribution is -0.157. The van der Waals surface area contributed by atoms with Crippen LogP contribution in [-0.4, -0.2) is 17.4 Å². The summed E-state index contributed by atoms with van der Waals surface area (Å²) in [7, 11) is 0. The van der Waals surface area contributed by atoms with Crippen LogP contribution in [0, 0.1) is 0 Å². The second-order valence-electron chi connectivity index (χ2n) is 3.81. The first kappa shape index (κ1) is 9.19. The third-order valence-corrected chi connectivity index (χ3v) is 2.62. The number of allylic oxidation sites excluding steroid dienone is 2. The zero-order valence-electron chi connectivity index (χ0n) is 8.08. The van der Waals surface area contributed by atoms with Crippen molar-refractivity contribution in [3.8, 4) is 0 Å². The predicted octanol–water partition coefficient (Wildman–Crippen LogP) is 1.54. The zero-order chi connectivity index (χ0) is 10.2. The number of ketones is 1. The molecule has 0 radical (unpaired) electrons. The average molecular weight is 192 g/mol. The van der Waals surface area contributed by atoms with Gasteiger partial charge in [0.05, 0.1) is 0 Å². The maximum Gasteiger partial charge on any atom is 0.306 e. The molecule has 0 aromatic rings. The van der Waals surface area contributed by atoms with Gasteiger partial charge in [-0.1, -0.05) is 0 Å². The van der Waals surface area contributed by atoms with Crippen LogP contribution in [0.1, 0.15) is 26.2 Å². The highest BCUT2D eigenvalue weighted by atomic mass is 16.6. The molecule has 3 heteroatoms. The lowest BCUT2D eigenvalue weighted by atomic mass is 9.86. The smallest absolute Gasteiger partial charge is 0.306 e. The Morgan fingerprint density at radius 2 is 2.21 bits per heavy atom. The fourth-order valence-electron chi connectivity index (χ4n) is 1.88. The normalized spacial score (nSPS) is 31.6. The number of ether oxygens (including phenoxy) is 1. The van der Waals surface area contributed by atoms with Crippen LogP contribution in [0.2, 0.25) is 0 Å². The number of hydrogen-bond donors (Lipinski definition) is 0. The highest BCUT2D eigenvalue weighted by Gasteiger charge is 2.35. The molecule has 2 aliphatic rings. The van der Waals surface area contributed by atoms with Crippen molar-refractivity contribution in [1.29, 1.82) is 0 Å². The molecule has 1 fully saturated rings. The van der Waals surface area contributed by atoms with Crippen LogP contribution >= 0.6 is 0 Å². The highest BCUT2D eigenvalue weighted by molar-refractivity contribution is 6.05. The van der Waals surface area contributed by atoms with E-state index in [0.29, 0.717) is 12.0 Å². The van der Waals surface area contributed by atoms with Crippen LogP contribution in [0.3, 0.4) is 0 Å². The maximum absolute atomic E-state index is 11.2. The van der Waals surface area contributed by atoms with Crippen molar-refractivity contribution < 1.29 is 14.3 Å². The second kappa shape index (κ2) is 3.08. The van der Waals surface area contributed by atoms with E-state index >= 15 is 0 Å². The summed E-state index contributed by atoms with van der Waals surface area (Å²) in [6.45, 7) is 1.75. The molecule has 1 unspecified atom stereocenters. The molecule has 0 aromatic carbocycles. The third kappa shape index (κ3) is 1.50. The quantitative estimate of drug-likeness (QED) is 0.547. The lowest BCUT2D eigenvalue weighted by Crippen LogP contribution is -2.37. The van der Waals surface area contributed by atoms with Gasteiger partial charge in [0.25, 0.3) is 0 Å². The molecule has 1 aliphatic carbocycles. The van der Waals surface area contributed by atoms with Gasteiger partial charge in [0.1, 0.15) is 5.60 Å². The Labute approximate surface area is 82.4 Å². The SMILES string of the molecule is CC1=CC2(C=CC1=O)CCCC(=O)O2. The van der Waals surface area contributed by atoms with Crippen LogP contribution in [0.5, 0.6) is 0 Å². The Kier molecular flexibility index (Phi) is 2.02. The average Bonchev–Trinajstić information content (AvgIpc) is 2.12. The topological polar surface area (TPSA) is 43.4 Å². The third-order valence-electron chi connectivity index (χ3n) is 2.62. The van der Waals surface area contributed by atoms with Gasteiger partial charge in [-0.3, -0.25) is 9.59 Å². The molecule has 0 amide bonds. The van der Waals surface area contributed by atoms with E-state index in [1.165, 1.54) is 6.08 Å². The van der Waals surface area contributed by atoms with Gasteiger partial charge in [0.15, 0.2) is 5.78 Å². The van der Waals surface area contributed by atoms with Crippen LogP contribution in [-0.2, 0) is 14.3 Å². The standard InChI is InChI=1S/C11H12O3/c1-8-7-11(6-4-9(8)12)5-2-3-10(13)14-11/h4,6-7H,2-3,5H2,1H3. The van der Waals surface area contributed by atoms with Crippen molar-refractivity contribution >= 4 is 11.8 Å². The Hall–Kier alpha value is -1.38. The van der Waals surface area contributed by atoms with Gasteiger partial charge < -0.3 is 4.74 Å². The van der Waals surface area contributed by atoms with Crippen molar-refractivity contribution in [3.05, 3.63) is 23.8 Å². The van der Waals surface area contributed by atoms with E-state index in [1.54, 1.807) is 19.1 Å². The molecule has 1 atom stereocenters. The lowest BCUT2D eigenvalue weighted by Gasteiger charge is -2.33. The monoisotopic (exact) mass is 192 g/mol. The van der Waals surface area contributed by atoms with Crippen molar-refractivity contribution in [3.63, 3.8) is 0 Å². The molecular formula is C11H12O3. The summed E-state index contributed by atoms with van der Waals surface area (Å²) in [5.74, 6) is -0.184. The Morgan fingerprint density at radius 3 is 2.86 bits per heavy atom. The Morgan fingerprint density at radius 1 is 1.43 bits per heavy atom. The van der Waals surface area contributed by atoms with E-state index in [1.807, 2.05) is 0 Å². The summed E-state index contributed by atoms with van der Waals surface area (Å²) in [6, 6.07) is 0. The van der Waals surface area contributed by atoms with Gasteiger partial charge in [-0.2, -0.15) is 0 Å². The minimum Gasteiger partial charge on any atom is -0.450 e. The van der Waals surface area contributed by atoms with Gasteiger partial charge >= 0.3 is 5.97 Å². The Bertz CT molecular complexity index is 352. The van der Waals surface area contributed by atoms with E-state index in [-0.39, 0.29) is 11.8 Å². The largest absolute Gasteiger partial charge is 0.450 e. The van der Waals surface area contributed by atoms with E-state index in [2.05, 4.69) is 0 Å². The Balaban J connectivity index is 2.28. The van der Waals surface area contributed by atoms with Crippen molar-refractivity contribution in [2.24, 2.45) is 0 Å². The molecule has 0 aromatic heterocycles. The van der Waals surface area contributed by atoms with Gasteiger partial charge in [-0.15, -0.1) is 0 Å². The fraction of sp³-hybridized carbons (Fsp3) is 0.455. The molecule has 0 bridgehead atoms. The first-order valence-electron chi connectivity index (χ1n) is 4.76. The minimum absolute atomic E-state index is 0.00255. The van der Waals surface area contributed by atoms with Crippen LogP contribution < -0.4 is 0 Å². The van der Waals surface area contributed by atoms with E-state index in [0.717, 1.165) is 12.8 Å². The number of hydrogen-bond acceptors (Lipinski definition) is 3. The fourth-order valence-corrected chi connectivity index (χ4v) is 1.88. The molecule has 74 valence electrons. The number of carbonyl (C=O) groups excluding carboxylic acids is 2. The molecule has 1 aliphatic heterocycles. The van der Waals surface area contributed by atoms with Gasteiger partial charge in [0, 0.05) is 6.42 Å². The molecule has 1 spiro atoms. The molecule has 3 nitrogen and oxygen atoms in total. The van der Waals surface area contributed by atoms with E-state index in [9.17, 15) is 9.59 Å². The maximum atomic E-state index is 11.2. The van der Waals surface area contributed by atoms with Crippen LogP contribution in [0.4, 0.5) is 0 Å². The van der Waals surface area contributed by atoms with Gasteiger partial charge in [-0.05, 0) is 43.6 Å². The number of rotatable bonds is 0. The molecule has 1 heterocycles.